The van der Waals surface area contributed by atoms with Gasteiger partial charge in [-0.3, -0.25) is 19.2 Å². The van der Waals surface area contributed by atoms with Crippen LogP contribution in [0.4, 0.5) is 0 Å². The van der Waals surface area contributed by atoms with Crippen LogP contribution in [0.25, 0.3) is 0 Å². The number of fused-ring (bicyclic) bond motifs is 2. The SMILES string of the molecule is CC(=O)OC[C@@]12CO[C@@](c3ccc(Cl)c(Cc4ccc(O)cc4)c3)(O1)[C@H](OC(C)=O)[C@@H](OC(C)=O)[C@@H]2OC(C)=O. The topological polar surface area (TPSA) is 144 Å². The molecular weight excluding hydrogens is 548 g/mol. The van der Waals surface area contributed by atoms with Gasteiger partial charge in [-0.15, -0.1) is 0 Å². The molecule has 2 aromatic rings. The zero-order chi connectivity index (χ0) is 29.2. The van der Waals surface area contributed by atoms with Crippen molar-refractivity contribution in [2.24, 2.45) is 0 Å². The largest absolute Gasteiger partial charge is 0.508 e. The highest BCUT2D eigenvalue weighted by atomic mass is 35.5. The third-order valence-corrected chi connectivity index (χ3v) is 6.93. The van der Waals surface area contributed by atoms with Crippen LogP contribution in [0, 0.1) is 0 Å². The Morgan fingerprint density at radius 2 is 1.52 bits per heavy atom. The number of hydrogen-bond donors (Lipinski definition) is 1. The monoisotopic (exact) mass is 576 g/mol. The van der Waals surface area contributed by atoms with Crippen molar-refractivity contribution in [1.29, 1.82) is 0 Å². The molecule has 2 aliphatic rings. The summed E-state index contributed by atoms with van der Waals surface area (Å²) in [5.41, 5.74) is 0.238. The number of halogens is 1. The molecule has 0 amide bonds. The van der Waals surface area contributed by atoms with Gasteiger partial charge >= 0.3 is 23.9 Å². The third kappa shape index (κ3) is 5.91. The third-order valence-electron chi connectivity index (χ3n) is 6.56. The van der Waals surface area contributed by atoms with E-state index in [9.17, 15) is 24.3 Å². The lowest BCUT2D eigenvalue weighted by Gasteiger charge is -2.49. The molecule has 0 unspecified atom stereocenters. The van der Waals surface area contributed by atoms with Gasteiger partial charge < -0.3 is 33.5 Å². The molecule has 12 heteroatoms. The molecule has 2 heterocycles. The van der Waals surface area contributed by atoms with E-state index in [1.165, 1.54) is 6.92 Å². The predicted molar refractivity (Wildman–Crippen MR) is 137 cm³/mol. The van der Waals surface area contributed by atoms with E-state index in [0.717, 1.165) is 26.3 Å². The molecule has 0 aliphatic carbocycles. The number of hydrogen-bond acceptors (Lipinski definition) is 11. The number of carbonyl (C=O) groups excluding carboxylic acids is 4. The van der Waals surface area contributed by atoms with E-state index in [1.807, 2.05) is 0 Å². The first-order chi connectivity index (χ1) is 18.8. The average Bonchev–Trinajstić information content (AvgIpc) is 3.23. The smallest absolute Gasteiger partial charge is 0.303 e. The summed E-state index contributed by atoms with van der Waals surface area (Å²) in [4.78, 5) is 48.5. The van der Waals surface area contributed by atoms with E-state index >= 15 is 0 Å². The Morgan fingerprint density at radius 1 is 0.900 bits per heavy atom. The maximum Gasteiger partial charge on any atom is 0.303 e. The molecule has 214 valence electrons. The average molecular weight is 577 g/mol. The molecule has 1 N–H and O–H groups in total. The summed E-state index contributed by atoms with van der Waals surface area (Å²) in [6.07, 6.45) is -3.83. The van der Waals surface area contributed by atoms with Crippen molar-refractivity contribution in [2.45, 2.75) is 63.8 Å². The Labute approximate surface area is 235 Å². The van der Waals surface area contributed by atoms with Gasteiger partial charge in [-0.1, -0.05) is 29.8 Å². The normalized spacial score (nSPS) is 27.0. The second-order valence-corrected chi connectivity index (χ2v) is 10.1. The molecule has 0 spiro atoms. The van der Waals surface area contributed by atoms with Gasteiger partial charge in [-0.2, -0.15) is 0 Å². The lowest BCUT2D eigenvalue weighted by molar-refractivity contribution is -0.334. The van der Waals surface area contributed by atoms with E-state index in [4.69, 9.17) is 40.0 Å². The molecule has 2 fully saturated rings. The molecule has 2 bridgehead atoms. The summed E-state index contributed by atoms with van der Waals surface area (Å²) in [6, 6.07) is 11.5. The van der Waals surface area contributed by atoms with E-state index in [-0.39, 0.29) is 12.4 Å². The standard InChI is InChI=1S/C28H29ClO11/c1-15(30)35-13-27-14-36-28(40-27,26(39-18(4)33)24(37-16(2)31)25(27)38-17(3)32)21-7-10-23(29)20(12-21)11-19-5-8-22(34)9-6-19/h5-10,12,24-26,34H,11,13-14H2,1-4H3/t24-,25-,26+,27-,28-/m0/s1. The van der Waals surface area contributed by atoms with Crippen molar-refractivity contribution in [1.82, 2.24) is 0 Å². The number of phenols is 1. The van der Waals surface area contributed by atoms with Crippen molar-refractivity contribution in [2.75, 3.05) is 13.2 Å². The molecule has 0 saturated carbocycles. The fraction of sp³-hybridized carbons (Fsp3) is 0.429. The highest BCUT2D eigenvalue weighted by molar-refractivity contribution is 6.31. The Hall–Kier alpha value is -3.67. The number of rotatable bonds is 8. The van der Waals surface area contributed by atoms with Crippen LogP contribution in [0.3, 0.4) is 0 Å². The number of benzene rings is 2. The van der Waals surface area contributed by atoms with Crippen LogP contribution in [0.2, 0.25) is 5.02 Å². The fourth-order valence-corrected chi connectivity index (χ4v) is 5.17. The highest BCUT2D eigenvalue weighted by Gasteiger charge is 2.72. The second-order valence-electron chi connectivity index (χ2n) is 9.69. The van der Waals surface area contributed by atoms with Gasteiger partial charge in [-0.25, -0.2) is 0 Å². The Bertz CT molecular complexity index is 1310. The minimum atomic E-state index is -1.86. The van der Waals surface area contributed by atoms with Gasteiger partial charge in [0.2, 0.25) is 11.9 Å². The van der Waals surface area contributed by atoms with Crippen molar-refractivity contribution in [3.05, 3.63) is 64.2 Å². The molecule has 0 radical (unpaired) electrons. The molecule has 40 heavy (non-hydrogen) atoms. The Morgan fingerprint density at radius 3 is 2.12 bits per heavy atom. The lowest BCUT2D eigenvalue weighted by Crippen LogP contribution is -2.68. The van der Waals surface area contributed by atoms with Crippen LogP contribution < -0.4 is 0 Å². The fourth-order valence-electron chi connectivity index (χ4n) is 4.98. The molecule has 2 saturated heterocycles. The minimum Gasteiger partial charge on any atom is -0.508 e. The second kappa shape index (κ2) is 11.4. The number of aromatic hydroxyl groups is 1. The lowest BCUT2D eigenvalue weighted by atomic mass is 9.83. The Kier molecular flexibility index (Phi) is 8.38. The maximum absolute atomic E-state index is 12.3. The summed E-state index contributed by atoms with van der Waals surface area (Å²) in [5.74, 6) is -4.61. The van der Waals surface area contributed by atoms with Gasteiger partial charge in [0.15, 0.2) is 17.8 Å². The van der Waals surface area contributed by atoms with Crippen LogP contribution in [0.1, 0.15) is 44.4 Å². The summed E-state index contributed by atoms with van der Waals surface area (Å²) >= 11 is 6.53. The van der Waals surface area contributed by atoms with Crippen molar-refractivity contribution in [3.63, 3.8) is 0 Å². The first kappa shape index (κ1) is 29.3. The molecule has 0 aromatic heterocycles. The van der Waals surface area contributed by atoms with Gasteiger partial charge in [-0.05, 0) is 41.8 Å². The van der Waals surface area contributed by atoms with Gasteiger partial charge in [0.25, 0.3) is 0 Å². The first-order valence-electron chi connectivity index (χ1n) is 12.4. The summed E-state index contributed by atoms with van der Waals surface area (Å²) in [7, 11) is 0. The molecule has 11 nitrogen and oxygen atoms in total. The minimum absolute atomic E-state index is 0.115. The molecule has 2 aromatic carbocycles. The van der Waals surface area contributed by atoms with E-state index < -0.39 is 60.2 Å². The number of carbonyl (C=O) groups is 4. The number of ether oxygens (including phenoxy) is 6. The Balaban J connectivity index is 1.86. The van der Waals surface area contributed by atoms with Gasteiger partial charge in [0.05, 0.1) is 6.61 Å². The van der Waals surface area contributed by atoms with Gasteiger partial charge in [0, 0.05) is 38.3 Å². The van der Waals surface area contributed by atoms with E-state index in [1.54, 1.807) is 42.5 Å². The predicted octanol–water partition coefficient (Wildman–Crippen LogP) is 2.95. The summed E-state index contributed by atoms with van der Waals surface area (Å²) in [5, 5.41) is 10.1. The summed E-state index contributed by atoms with van der Waals surface area (Å²) < 4.78 is 34.8. The molecular formula is C28H29ClO11. The zero-order valence-electron chi connectivity index (χ0n) is 22.3. The first-order valence-corrected chi connectivity index (χ1v) is 12.8. The molecule has 4 rings (SSSR count). The van der Waals surface area contributed by atoms with Crippen LogP contribution >= 0.6 is 11.6 Å². The van der Waals surface area contributed by atoms with Crippen LogP contribution in [-0.2, 0) is 59.8 Å². The quantitative estimate of drug-likeness (QED) is 0.366. The van der Waals surface area contributed by atoms with Crippen molar-refractivity contribution in [3.8, 4) is 5.75 Å². The van der Waals surface area contributed by atoms with Gasteiger partial charge in [0.1, 0.15) is 12.4 Å². The van der Waals surface area contributed by atoms with Crippen LogP contribution in [-0.4, -0.2) is 66.1 Å². The van der Waals surface area contributed by atoms with Crippen LogP contribution in [0.5, 0.6) is 5.75 Å². The maximum atomic E-state index is 12.3. The number of esters is 4. The van der Waals surface area contributed by atoms with Crippen molar-refractivity contribution >= 4 is 35.5 Å². The molecule has 5 atom stereocenters. The highest BCUT2D eigenvalue weighted by Crippen LogP contribution is 2.53. The van der Waals surface area contributed by atoms with Crippen LogP contribution in [0.15, 0.2) is 42.5 Å². The number of phenolic OH excluding ortho intramolecular Hbond substituents is 1. The van der Waals surface area contributed by atoms with E-state index in [2.05, 4.69) is 0 Å². The summed E-state index contributed by atoms with van der Waals surface area (Å²) in [6.45, 7) is 3.97. The van der Waals surface area contributed by atoms with E-state index in [0.29, 0.717) is 22.6 Å². The van der Waals surface area contributed by atoms with Crippen molar-refractivity contribution < 1.29 is 52.7 Å². The zero-order valence-corrected chi connectivity index (χ0v) is 23.1. The molecule has 2 aliphatic heterocycles.